The van der Waals surface area contributed by atoms with Crippen molar-refractivity contribution in [3.05, 3.63) is 11.1 Å². The van der Waals surface area contributed by atoms with E-state index in [0.717, 1.165) is 31.3 Å². The predicted molar refractivity (Wildman–Crippen MR) is 83.1 cm³/mol. The second-order valence-electron chi connectivity index (χ2n) is 7.49. The van der Waals surface area contributed by atoms with Crippen LogP contribution in [0.4, 0.5) is 8.78 Å². The molecule has 5 atom stereocenters. The van der Waals surface area contributed by atoms with Gasteiger partial charge in [-0.05, 0) is 54.9 Å². The van der Waals surface area contributed by atoms with Crippen molar-refractivity contribution in [1.82, 2.24) is 0 Å². The molecule has 8 heteroatoms. The Hall–Kier alpha value is -0.570. The Morgan fingerprint density at radius 3 is 2.62 bits per heavy atom. The van der Waals surface area contributed by atoms with Crippen LogP contribution in [0.1, 0.15) is 39.5 Å². The fourth-order valence-corrected chi connectivity index (χ4v) is 5.19. The van der Waals surface area contributed by atoms with E-state index in [0.29, 0.717) is 5.92 Å². The standard InChI is InChI=1S/C16H24F2O5S/c1-3-15(19)10-4-9(2)13(11-6-14(15)12(11)5-10)7-23-8-16(17,18)24(20,21)22/h9-10,12,14,19H,3-8H2,1-2H3,(H,20,21,22). The molecule has 3 rings (SSSR count). The number of allylic oxidation sites excluding steroid dienone is 1. The minimum Gasteiger partial charge on any atom is -0.389 e. The summed E-state index contributed by atoms with van der Waals surface area (Å²) < 4.78 is 61.2. The van der Waals surface area contributed by atoms with Crippen molar-refractivity contribution >= 4 is 10.1 Å². The topological polar surface area (TPSA) is 83.8 Å². The minimum atomic E-state index is -5.46. The lowest BCUT2D eigenvalue weighted by atomic mass is 9.61. The zero-order chi connectivity index (χ0) is 17.9. The zero-order valence-corrected chi connectivity index (χ0v) is 14.7. The summed E-state index contributed by atoms with van der Waals surface area (Å²) in [5.41, 5.74) is 1.53. The van der Waals surface area contributed by atoms with Crippen LogP contribution >= 0.6 is 0 Å². The maximum absolute atomic E-state index is 13.3. The normalized spacial score (nSPS) is 38.9. The predicted octanol–water partition coefficient (Wildman–Crippen LogP) is 2.62. The van der Waals surface area contributed by atoms with Crippen LogP contribution in [-0.4, -0.2) is 42.1 Å². The molecule has 0 heterocycles. The third kappa shape index (κ3) is 2.62. The number of rotatable bonds is 6. The molecular formula is C16H24F2O5S. The first-order chi connectivity index (χ1) is 11.0. The third-order valence-corrected chi connectivity index (χ3v) is 7.25. The second-order valence-corrected chi connectivity index (χ2v) is 9.03. The largest absolute Gasteiger partial charge is 0.392 e. The summed E-state index contributed by atoms with van der Waals surface area (Å²) in [5, 5.41) is 6.63. The first kappa shape index (κ1) is 18.2. The van der Waals surface area contributed by atoms with Gasteiger partial charge < -0.3 is 9.84 Å². The SMILES string of the molecule is CCC1(O)C2CC(C)C(COCC(F)(F)S(=O)(=O)O)=C3CC1C3C2. The zero-order valence-electron chi connectivity index (χ0n) is 13.8. The van der Waals surface area contributed by atoms with E-state index < -0.39 is 27.6 Å². The van der Waals surface area contributed by atoms with Crippen molar-refractivity contribution in [1.29, 1.82) is 0 Å². The van der Waals surface area contributed by atoms with Gasteiger partial charge in [0.2, 0.25) is 0 Å². The van der Waals surface area contributed by atoms with Crippen LogP contribution in [0, 0.1) is 23.7 Å². The third-order valence-electron chi connectivity index (χ3n) is 6.38. The molecule has 2 bridgehead atoms. The van der Waals surface area contributed by atoms with E-state index in [1.807, 2.05) is 13.8 Å². The van der Waals surface area contributed by atoms with Crippen molar-refractivity contribution in [2.45, 2.75) is 50.4 Å². The van der Waals surface area contributed by atoms with E-state index in [9.17, 15) is 22.3 Å². The molecule has 2 N–H and O–H groups in total. The van der Waals surface area contributed by atoms with Crippen molar-refractivity contribution in [3.8, 4) is 0 Å². The van der Waals surface area contributed by atoms with E-state index >= 15 is 0 Å². The lowest BCUT2D eigenvalue weighted by Crippen LogP contribution is -2.47. The van der Waals surface area contributed by atoms with Crippen molar-refractivity contribution in [3.63, 3.8) is 0 Å². The van der Waals surface area contributed by atoms with Gasteiger partial charge in [-0.25, -0.2) is 0 Å². The van der Waals surface area contributed by atoms with Crippen LogP contribution in [0.15, 0.2) is 11.1 Å². The quantitative estimate of drug-likeness (QED) is 0.558. The molecule has 5 unspecified atom stereocenters. The Morgan fingerprint density at radius 2 is 2.04 bits per heavy atom. The number of fused-ring (bicyclic) bond motifs is 1. The molecule has 0 spiro atoms. The number of halogens is 2. The Balaban J connectivity index is 1.71. The summed E-state index contributed by atoms with van der Waals surface area (Å²) in [6, 6.07) is 0. The molecule has 0 aromatic heterocycles. The molecule has 0 saturated heterocycles. The van der Waals surface area contributed by atoms with E-state index in [-0.39, 0.29) is 24.4 Å². The molecule has 2 fully saturated rings. The van der Waals surface area contributed by atoms with Crippen molar-refractivity contribution in [2.24, 2.45) is 23.7 Å². The van der Waals surface area contributed by atoms with Crippen LogP contribution in [0.3, 0.4) is 0 Å². The maximum Gasteiger partial charge on any atom is 0.392 e. The fraction of sp³-hybridized carbons (Fsp3) is 0.875. The van der Waals surface area contributed by atoms with Gasteiger partial charge in [-0.2, -0.15) is 17.2 Å². The molecule has 0 aromatic rings. The summed E-state index contributed by atoms with van der Waals surface area (Å²) in [4.78, 5) is 0. The highest BCUT2D eigenvalue weighted by molar-refractivity contribution is 7.86. The highest BCUT2D eigenvalue weighted by Gasteiger charge is 2.60. The molecule has 0 radical (unpaired) electrons. The molecule has 24 heavy (non-hydrogen) atoms. The average molecular weight is 366 g/mol. The number of aliphatic hydroxyl groups is 1. The van der Waals surface area contributed by atoms with Crippen molar-refractivity contribution < 1.29 is 31.6 Å². The van der Waals surface area contributed by atoms with Crippen LogP contribution in [0.25, 0.3) is 0 Å². The summed E-state index contributed by atoms with van der Waals surface area (Å²) in [6.45, 7) is 2.59. The van der Waals surface area contributed by atoms with Gasteiger partial charge in [-0.3, -0.25) is 4.55 Å². The number of hydrogen-bond donors (Lipinski definition) is 2. The molecule has 138 valence electrons. The number of hydrogen-bond acceptors (Lipinski definition) is 4. The summed E-state index contributed by atoms with van der Waals surface area (Å²) >= 11 is 0. The first-order valence-electron chi connectivity index (χ1n) is 8.38. The van der Waals surface area contributed by atoms with Crippen LogP contribution < -0.4 is 0 Å². The Morgan fingerprint density at radius 1 is 1.38 bits per heavy atom. The second kappa shape index (κ2) is 5.72. The molecule has 5 nitrogen and oxygen atoms in total. The van der Waals surface area contributed by atoms with Gasteiger partial charge in [0.25, 0.3) is 0 Å². The van der Waals surface area contributed by atoms with E-state index in [2.05, 4.69) is 0 Å². The van der Waals surface area contributed by atoms with Gasteiger partial charge in [-0.15, -0.1) is 0 Å². The van der Waals surface area contributed by atoms with Crippen LogP contribution in [0.5, 0.6) is 0 Å². The highest BCUT2D eigenvalue weighted by atomic mass is 32.2. The lowest BCUT2D eigenvalue weighted by Gasteiger charge is -2.47. The molecule has 2 saturated carbocycles. The average Bonchev–Trinajstić information content (AvgIpc) is 2.59. The Kier molecular flexibility index (Phi) is 4.35. The fourth-order valence-electron chi connectivity index (χ4n) is 4.95. The number of ether oxygens (including phenoxy) is 1. The monoisotopic (exact) mass is 366 g/mol. The van der Waals surface area contributed by atoms with Gasteiger partial charge in [0.1, 0.15) is 6.61 Å². The van der Waals surface area contributed by atoms with E-state index in [1.54, 1.807) is 0 Å². The maximum atomic E-state index is 13.3. The summed E-state index contributed by atoms with van der Waals surface area (Å²) in [5.74, 6) is 0.852. The summed E-state index contributed by atoms with van der Waals surface area (Å²) in [6.07, 6.45) is 3.21. The van der Waals surface area contributed by atoms with Gasteiger partial charge >= 0.3 is 15.4 Å². The van der Waals surface area contributed by atoms with Gasteiger partial charge in [0.05, 0.1) is 12.2 Å². The van der Waals surface area contributed by atoms with Crippen molar-refractivity contribution in [2.75, 3.05) is 13.2 Å². The van der Waals surface area contributed by atoms with Gasteiger partial charge in [-0.1, -0.05) is 19.4 Å². The minimum absolute atomic E-state index is 0.0535. The molecule has 3 aliphatic carbocycles. The Bertz CT molecular complexity index is 659. The molecule has 0 aliphatic heterocycles. The molecule has 3 aliphatic rings. The lowest BCUT2D eigenvalue weighted by molar-refractivity contribution is -0.0649. The molecule has 0 amide bonds. The Labute approximate surface area is 140 Å². The van der Waals surface area contributed by atoms with Crippen LogP contribution in [0.2, 0.25) is 0 Å². The smallest absolute Gasteiger partial charge is 0.389 e. The van der Waals surface area contributed by atoms with Crippen LogP contribution in [-0.2, 0) is 14.9 Å². The van der Waals surface area contributed by atoms with Gasteiger partial charge in [0, 0.05) is 0 Å². The first-order valence-corrected chi connectivity index (χ1v) is 9.82. The highest BCUT2D eigenvalue weighted by Crippen LogP contribution is 2.64. The van der Waals surface area contributed by atoms with Gasteiger partial charge in [0.15, 0.2) is 0 Å². The van der Waals surface area contributed by atoms with E-state index in [4.69, 9.17) is 9.29 Å². The summed E-state index contributed by atoms with van der Waals surface area (Å²) in [7, 11) is -5.46. The molecular weight excluding hydrogens is 342 g/mol. The molecule has 0 aromatic carbocycles. The number of alkyl halides is 2. The van der Waals surface area contributed by atoms with E-state index in [1.165, 1.54) is 5.57 Å².